The Morgan fingerprint density at radius 1 is 0.440 bits per heavy atom. The van der Waals surface area contributed by atoms with E-state index in [0.717, 1.165) is 160 Å². The van der Waals surface area contributed by atoms with Crippen molar-refractivity contribution in [2.45, 2.75) is 38.5 Å². The van der Waals surface area contributed by atoms with Gasteiger partial charge in [0.25, 0.3) is 0 Å². The fraction of sp³-hybridized carbons (Fsp3) is 0.565. The lowest BCUT2D eigenvalue weighted by Gasteiger charge is -2.41. The highest BCUT2D eigenvalue weighted by Crippen LogP contribution is 2.27. The first kappa shape index (κ1) is 76.6. The Morgan fingerprint density at radius 2 is 0.813 bits per heavy atom. The van der Waals surface area contributed by atoms with E-state index in [2.05, 4.69) is 103 Å². The van der Waals surface area contributed by atoms with E-state index < -0.39 is 0 Å². The van der Waals surface area contributed by atoms with Gasteiger partial charge in [-0.2, -0.15) is 0 Å². The number of aryl methyl sites for hydroxylation is 2. The van der Waals surface area contributed by atoms with Gasteiger partial charge >= 0.3 is 0 Å². The number of nitrogen functional groups attached to an aromatic ring is 5. The number of unbranched alkanes of at least 4 members (excludes halogenated alkanes) is 2. The Kier molecular flexibility index (Phi) is 31.1. The van der Waals surface area contributed by atoms with Crippen molar-refractivity contribution in [1.82, 2.24) is 9.80 Å². The van der Waals surface area contributed by atoms with E-state index in [0.29, 0.717) is 28.6 Å². The fourth-order valence-corrected chi connectivity index (χ4v) is 10.9. The van der Waals surface area contributed by atoms with Crippen LogP contribution in [0.25, 0.3) is 0 Å². The molecule has 0 aromatic heterocycles. The molecule has 3 heterocycles. The van der Waals surface area contributed by atoms with Crippen molar-refractivity contribution in [3.05, 3.63) is 102 Å². The van der Waals surface area contributed by atoms with Crippen LogP contribution in [0.2, 0.25) is 0 Å². The van der Waals surface area contributed by atoms with Crippen LogP contribution in [0.3, 0.4) is 0 Å². The summed E-state index contributed by atoms with van der Waals surface area (Å²) < 4.78 is 5.13. The number of quaternary nitrogens is 6. The molecule has 3 saturated heterocycles. The molecule has 8 rings (SSSR count). The molecule has 0 saturated carbocycles. The number of hydrogen-bond acceptors (Lipinski definition) is 16. The van der Waals surface area contributed by atoms with Crippen LogP contribution >= 0.6 is 0 Å². The number of benzene rings is 5. The van der Waals surface area contributed by atoms with Crippen LogP contribution in [-0.4, -0.2) is 284 Å². The Morgan fingerprint density at radius 3 is 1.25 bits per heavy atom. The van der Waals surface area contributed by atoms with Crippen molar-refractivity contribution in [2.75, 3.05) is 266 Å². The summed E-state index contributed by atoms with van der Waals surface area (Å²) in [7, 11) is 24.4. The standard InChI is InChI=1S/C16H27N3O.C15H26N4O2.C14H24N4O.C13H22N2O.C11H19N3O/c1-19(2)11-9-18(10-12-19)8-4-3-5-14-13-15(20)6-7-16(14)17;1-19(10-11-20)8-6-18(7-9-19)5-4-17-15-12-13(21)2-3-14(15)16;1-18(2)9-7-17(8-10-18)6-5-16-14-11-12(19)3-4-13(14)15;1-15(2,3)9-5-4-6-11-10-12(16)7-8-13(11)14;1-14(2,3)7-6-13-11-8-9(15)4-5-10(11)12/h6-7,13H,3-5,8-12,17H2,1-2H3;2-3,12,17,20H,4-11,16H2,1H3;3-4,11,16H,5-10,15H2,1-2H3;7-8,10H,4-6,9,14H2,1-3H3;4-5,8,13H,6-7,12H2,1-3H3/p+6. The van der Waals surface area contributed by atoms with Crippen LogP contribution < -0.4 is 49.5 Å². The third kappa shape index (κ3) is 31.3. The predicted octanol–water partition coefficient (Wildman–Crippen LogP) is 4.29. The van der Waals surface area contributed by atoms with E-state index in [1.54, 1.807) is 95.9 Å². The van der Waals surface area contributed by atoms with Gasteiger partial charge in [-0.15, -0.1) is 0 Å². The molecule has 22 nitrogen and oxygen atoms in total. The lowest BCUT2D eigenvalue weighted by atomic mass is 10.1. The number of nitrogens with one attached hydrogen (secondary N) is 4. The Labute approximate surface area is 546 Å². The molecule has 20 N–H and O–H groups in total. The Balaban J connectivity index is 0.000000244. The van der Waals surface area contributed by atoms with Crippen LogP contribution in [0, 0.1) is 0 Å². The average molecular weight is 1270 g/mol. The monoisotopic (exact) mass is 1270 g/mol. The van der Waals surface area contributed by atoms with Gasteiger partial charge in [0.2, 0.25) is 0 Å². The van der Waals surface area contributed by atoms with Crippen LogP contribution in [0.5, 0.6) is 28.7 Å². The first-order chi connectivity index (χ1) is 42.7. The minimum atomic E-state index is 0.224. The zero-order chi connectivity index (χ0) is 67.4. The van der Waals surface area contributed by atoms with Gasteiger partial charge in [0.1, 0.15) is 61.5 Å². The molecule has 5 aromatic rings. The van der Waals surface area contributed by atoms with Gasteiger partial charge in [0.15, 0.2) is 0 Å². The number of nitrogens with two attached hydrogens (primary N) is 5. The van der Waals surface area contributed by atoms with Gasteiger partial charge in [-0.05, 0) is 129 Å². The van der Waals surface area contributed by atoms with E-state index in [1.807, 2.05) is 0 Å². The minimum Gasteiger partial charge on any atom is -0.508 e. The smallest absolute Gasteiger partial charge is 0.128 e. The van der Waals surface area contributed by atoms with E-state index in [-0.39, 0.29) is 23.9 Å². The van der Waals surface area contributed by atoms with Gasteiger partial charge < -0.3 is 103 Å². The minimum absolute atomic E-state index is 0.224. The Bertz CT molecular complexity index is 2890. The van der Waals surface area contributed by atoms with E-state index in [4.69, 9.17) is 33.8 Å². The second kappa shape index (κ2) is 37.0. The highest BCUT2D eigenvalue weighted by Gasteiger charge is 2.29. The SMILES string of the molecule is C[N+](C)(C)CCCCc1cc(O)ccc1N.C[N+](C)(C)CCNc1cc(O)ccc1N.C[N+]1(C)CCN(CCCCc2cc(O)ccc2N)CC1.C[N+]1(C)CC[NH+](CCNc2cc(O)ccc2N)CC1.C[N+]1(CCO)CCN(CCNc2cc(O)ccc2N)CC1. The van der Waals surface area contributed by atoms with Crippen molar-refractivity contribution < 1.29 is 58.0 Å². The molecule has 91 heavy (non-hydrogen) atoms. The Hall–Kier alpha value is -6.86. The highest BCUT2D eigenvalue weighted by atomic mass is 16.3. The van der Waals surface area contributed by atoms with Crippen molar-refractivity contribution in [1.29, 1.82) is 0 Å². The average Bonchev–Trinajstić information content (AvgIpc) is 1.85. The highest BCUT2D eigenvalue weighted by molar-refractivity contribution is 5.69. The normalized spacial score (nSPS) is 16.4. The molecule has 0 aliphatic carbocycles. The maximum atomic E-state index is 9.48. The summed E-state index contributed by atoms with van der Waals surface area (Å²) in [5.74, 6) is 1.32. The van der Waals surface area contributed by atoms with Crippen LogP contribution in [0.1, 0.15) is 36.8 Å². The molecule has 0 bridgehead atoms. The molecule has 5 aromatic carbocycles. The summed E-state index contributed by atoms with van der Waals surface area (Å²) in [4.78, 5) is 6.63. The number of aromatic hydroxyl groups is 5. The number of aliphatic hydroxyl groups excluding tert-OH is 1. The first-order valence-corrected chi connectivity index (χ1v) is 32.8. The molecule has 3 fully saturated rings. The molecule has 3 aliphatic heterocycles. The third-order valence-electron chi connectivity index (χ3n) is 17.4. The maximum Gasteiger partial charge on any atom is 0.128 e. The van der Waals surface area contributed by atoms with Gasteiger partial charge in [0.05, 0.1) is 177 Å². The van der Waals surface area contributed by atoms with Gasteiger partial charge in [-0.25, -0.2) is 0 Å². The van der Waals surface area contributed by atoms with Crippen molar-refractivity contribution in [3.8, 4) is 28.7 Å². The molecule has 0 spiro atoms. The summed E-state index contributed by atoms with van der Waals surface area (Å²) in [5.41, 5.74) is 37.4. The lowest BCUT2D eigenvalue weighted by molar-refractivity contribution is -1.00. The maximum absolute atomic E-state index is 9.48. The number of aliphatic hydroxyl groups is 1. The molecule has 0 amide bonds. The summed E-state index contributed by atoms with van der Waals surface area (Å²) in [5, 5.41) is 65.9. The van der Waals surface area contributed by atoms with Crippen molar-refractivity contribution in [2.24, 2.45) is 0 Å². The van der Waals surface area contributed by atoms with Crippen molar-refractivity contribution >= 4 is 45.5 Å². The molecule has 3 aliphatic rings. The number of piperazine rings is 3. The number of rotatable bonds is 24. The van der Waals surface area contributed by atoms with E-state index in [9.17, 15) is 25.5 Å². The molecular weight excluding hydrogens is 1150 g/mol. The lowest BCUT2D eigenvalue weighted by Crippen LogP contribution is -3.15. The van der Waals surface area contributed by atoms with Crippen LogP contribution in [-0.2, 0) is 12.8 Å². The number of nitrogens with zero attached hydrogens (tertiary/aromatic N) is 7. The van der Waals surface area contributed by atoms with E-state index >= 15 is 0 Å². The third-order valence-corrected chi connectivity index (χ3v) is 17.4. The second-order valence-electron chi connectivity index (χ2n) is 28.8. The fourth-order valence-electron chi connectivity index (χ4n) is 10.9. The van der Waals surface area contributed by atoms with Crippen molar-refractivity contribution in [3.63, 3.8) is 0 Å². The number of phenolic OH excluding ortho intramolecular Hbond substituents is 5. The number of phenols is 5. The largest absolute Gasteiger partial charge is 0.508 e. The molecule has 0 atom stereocenters. The summed E-state index contributed by atoms with van der Waals surface area (Å²) >= 11 is 0. The van der Waals surface area contributed by atoms with Gasteiger partial charge in [-0.3, -0.25) is 9.80 Å². The number of hydrogen-bond donors (Lipinski definition) is 15. The summed E-state index contributed by atoms with van der Waals surface area (Å²) in [6.07, 6.45) is 6.52. The van der Waals surface area contributed by atoms with Crippen LogP contribution in [0.15, 0.2) is 91.0 Å². The zero-order valence-electron chi connectivity index (χ0n) is 57.7. The summed E-state index contributed by atoms with van der Waals surface area (Å²) in [6, 6.07) is 25.3. The number of likely N-dealkylation sites (N-methyl/N-ethyl adjacent to an activating group) is 4. The molecule has 0 radical (unpaired) electrons. The van der Waals surface area contributed by atoms with Crippen LogP contribution in [0.4, 0.5) is 45.5 Å². The molecule has 0 unspecified atom stereocenters. The first-order valence-electron chi connectivity index (χ1n) is 32.8. The topological polar surface area (TPSA) is 298 Å². The predicted molar refractivity (Wildman–Crippen MR) is 380 cm³/mol. The quantitative estimate of drug-likeness (QED) is 0.0178. The summed E-state index contributed by atoms with van der Waals surface area (Å²) in [6.45, 7) is 23.1. The van der Waals surface area contributed by atoms with E-state index in [1.165, 1.54) is 78.3 Å². The molecule has 22 heteroatoms. The molecular formula is C69H124N16O6+6. The molecule has 510 valence electrons. The zero-order valence-corrected chi connectivity index (χ0v) is 57.7. The number of anilines is 8. The second-order valence-corrected chi connectivity index (χ2v) is 28.8. The van der Waals surface area contributed by atoms with Gasteiger partial charge in [0, 0.05) is 68.8 Å². The van der Waals surface area contributed by atoms with Gasteiger partial charge in [-0.1, -0.05) is 0 Å².